The molecule has 0 amide bonds. The van der Waals surface area contributed by atoms with Crippen molar-refractivity contribution in [3.63, 3.8) is 0 Å². The van der Waals surface area contributed by atoms with Crippen LogP contribution in [0.1, 0.15) is 42.9 Å². The lowest BCUT2D eigenvalue weighted by atomic mass is 10.0. The van der Waals surface area contributed by atoms with Gasteiger partial charge in [0.15, 0.2) is 0 Å². The lowest BCUT2D eigenvalue weighted by molar-refractivity contribution is 0.717. The third kappa shape index (κ3) is 4.51. The van der Waals surface area contributed by atoms with Gasteiger partial charge < -0.3 is 0 Å². The molecular formula is C27H29N3. The fraction of sp³-hybridized carbons (Fsp3) is 0.259. The molecule has 0 aliphatic heterocycles. The summed E-state index contributed by atoms with van der Waals surface area (Å²) in [6.45, 7) is 6.43. The molecule has 0 bridgehead atoms. The number of hydrogen-bond donors (Lipinski definition) is 0. The van der Waals surface area contributed by atoms with Gasteiger partial charge in [0.05, 0.1) is 5.69 Å². The number of unbranched alkanes of at least 4 members (excludes halogenated alkanes) is 2. The quantitative estimate of drug-likeness (QED) is 0.317. The fourth-order valence-electron chi connectivity index (χ4n) is 3.61. The van der Waals surface area contributed by atoms with Gasteiger partial charge in [0.2, 0.25) is 0 Å². The Morgan fingerprint density at radius 1 is 0.633 bits per heavy atom. The molecular weight excluding hydrogens is 366 g/mol. The van der Waals surface area contributed by atoms with Crippen LogP contribution in [-0.2, 0) is 6.42 Å². The van der Waals surface area contributed by atoms with Crippen LogP contribution in [-0.4, -0.2) is 15.0 Å². The predicted octanol–water partition coefficient (Wildman–Crippen LogP) is 6.95. The Kier molecular flexibility index (Phi) is 6.08. The highest BCUT2D eigenvalue weighted by atomic mass is 15.5. The van der Waals surface area contributed by atoms with Crippen molar-refractivity contribution in [1.29, 1.82) is 0 Å². The first-order valence-corrected chi connectivity index (χ1v) is 10.8. The van der Waals surface area contributed by atoms with Crippen LogP contribution < -0.4 is 0 Å². The minimum atomic E-state index is 0.911. The summed E-state index contributed by atoms with van der Waals surface area (Å²) in [6, 6.07) is 25.6. The fourth-order valence-corrected chi connectivity index (χ4v) is 3.61. The van der Waals surface area contributed by atoms with E-state index >= 15 is 0 Å². The molecule has 0 spiro atoms. The summed E-state index contributed by atoms with van der Waals surface area (Å²) < 4.78 is 0. The molecule has 0 N–H and O–H groups in total. The largest absolute Gasteiger partial charge is 0.150 e. The summed E-state index contributed by atoms with van der Waals surface area (Å²) in [4.78, 5) is 1.75. The van der Waals surface area contributed by atoms with E-state index in [0.29, 0.717) is 0 Å². The summed E-state index contributed by atoms with van der Waals surface area (Å²) in [5.74, 6) is 0. The Balaban J connectivity index is 1.73. The number of nitrogens with zero attached hydrogens (tertiary/aromatic N) is 3. The van der Waals surface area contributed by atoms with Gasteiger partial charge in [-0.2, -0.15) is 4.80 Å². The first-order chi connectivity index (χ1) is 14.6. The summed E-state index contributed by atoms with van der Waals surface area (Å²) in [6.07, 6.45) is 4.91. The zero-order valence-electron chi connectivity index (χ0n) is 18.1. The topological polar surface area (TPSA) is 30.7 Å². The number of benzene rings is 3. The van der Waals surface area contributed by atoms with E-state index in [4.69, 9.17) is 10.2 Å². The minimum absolute atomic E-state index is 0.911. The monoisotopic (exact) mass is 395 g/mol. The van der Waals surface area contributed by atoms with E-state index in [1.54, 1.807) is 4.80 Å². The summed E-state index contributed by atoms with van der Waals surface area (Å²) in [7, 11) is 0. The molecule has 3 aromatic carbocycles. The SMILES string of the molecule is CCCCCc1ccc(-c2nn(-c3ccc(C)cc3)nc2-c2ccc(C)cc2)cc1. The smallest absolute Gasteiger partial charge is 0.121 e. The Morgan fingerprint density at radius 2 is 1.13 bits per heavy atom. The molecule has 0 saturated carbocycles. The second-order valence-corrected chi connectivity index (χ2v) is 8.04. The molecule has 4 aromatic rings. The number of aryl methyl sites for hydroxylation is 3. The molecule has 0 aliphatic rings. The molecule has 0 fully saturated rings. The van der Waals surface area contributed by atoms with Gasteiger partial charge in [-0.25, -0.2) is 0 Å². The number of aromatic nitrogens is 3. The van der Waals surface area contributed by atoms with Crippen LogP contribution in [0, 0.1) is 13.8 Å². The molecule has 0 saturated heterocycles. The lowest BCUT2D eigenvalue weighted by Gasteiger charge is -2.04. The van der Waals surface area contributed by atoms with Crippen molar-refractivity contribution in [2.75, 3.05) is 0 Å². The highest BCUT2D eigenvalue weighted by Gasteiger charge is 2.16. The Labute approximate surface area is 179 Å². The van der Waals surface area contributed by atoms with Crippen LogP contribution in [0.3, 0.4) is 0 Å². The average molecular weight is 396 g/mol. The van der Waals surface area contributed by atoms with Gasteiger partial charge in [-0.1, -0.05) is 91.6 Å². The molecule has 0 radical (unpaired) electrons. The van der Waals surface area contributed by atoms with Gasteiger partial charge in [-0.15, -0.1) is 10.2 Å². The molecule has 1 heterocycles. The van der Waals surface area contributed by atoms with Gasteiger partial charge in [-0.3, -0.25) is 0 Å². The predicted molar refractivity (Wildman–Crippen MR) is 125 cm³/mol. The Bertz CT molecular complexity index is 1090. The van der Waals surface area contributed by atoms with Gasteiger partial charge >= 0.3 is 0 Å². The van der Waals surface area contributed by atoms with E-state index < -0.39 is 0 Å². The van der Waals surface area contributed by atoms with Crippen LogP contribution in [0.4, 0.5) is 0 Å². The molecule has 0 unspecified atom stereocenters. The molecule has 4 rings (SSSR count). The van der Waals surface area contributed by atoms with E-state index in [9.17, 15) is 0 Å². The third-order valence-electron chi connectivity index (χ3n) is 5.50. The first-order valence-electron chi connectivity index (χ1n) is 10.8. The van der Waals surface area contributed by atoms with Gasteiger partial charge in [0.1, 0.15) is 11.4 Å². The molecule has 30 heavy (non-hydrogen) atoms. The Morgan fingerprint density at radius 3 is 1.67 bits per heavy atom. The van der Waals surface area contributed by atoms with E-state index in [1.807, 2.05) is 0 Å². The van der Waals surface area contributed by atoms with E-state index in [1.165, 1.54) is 36.0 Å². The van der Waals surface area contributed by atoms with Crippen molar-refractivity contribution in [3.8, 4) is 28.2 Å². The third-order valence-corrected chi connectivity index (χ3v) is 5.50. The second kappa shape index (κ2) is 9.08. The van der Waals surface area contributed by atoms with Gasteiger partial charge in [-0.05, 0) is 44.4 Å². The molecule has 3 heteroatoms. The van der Waals surface area contributed by atoms with Crippen LogP contribution >= 0.6 is 0 Å². The zero-order chi connectivity index (χ0) is 20.9. The molecule has 1 aromatic heterocycles. The van der Waals surface area contributed by atoms with Gasteiger partial charge in [0, 0.05) is 11.1 Å². The van der Waals surface area contributed by atoms with Crippen molar-refractivity contribution in [2.45, 2.75) is 46.5 Å². The van der Waals surface area contributed by atoms with Crippen molar-refractivity contribution in [3.05, 3.63) is 89.5 Å². The Hall–Kier alpha value is -3.20. The molecule has 0 atom stereocenters. The highest BCUT2D eigenvalue weighted by Crippen LogP contribution is 2.30. The van der Waals surface area contributed by atoms with Gasteiger partial charge in [0.25, 0.3) is 0 Å². The first kappa shape index (κ1) is 20.1. The van der Waals surface area contributed by atoms with Crippen LogP contribution in [0.15, 0.2) is 72.8 Å². The summed E-state index contributed by atoms with van der Waals surface area (Å²) >= 11 is 0. The van der Waals surface area contributed by atoms with E-state index in [2.05, 4.69) is 93.6 Å². The summed E-state index contributed by atoms with van der Waals surface area (Å²) in [5, 5.41) is 9.76. The van der Waals surface area contributed by atoms with Crippen molar-refractivity contribution in [2.24, 2.45) is 0 Å². The minimum Gasteiger partial charge on any atom is -0.150 e. The molecule has 3 nitrogen and oxygen atoms in total. The maximum atomic E-state index is 4.89. The maximum absolute atomic E-state index is 4.89. The second-order valence-electron chi connectivity index (χ2n) is 8.04. The van der Waals surface area contributed by atoms with Crippen LogP contribution in [0.2, 0.25) is 0 Å². The van der Waals surface area contributed by atoms with E-state index in [0.717, 1.165) is 34.6 Å². The standard InChI is InChI=1S/C27H29N3/c1-4-5-6-7-22-12-16-24(17-13-22)27-26(23-14-8-20(2)9-15-23)28-30(29-27)25-18-10-21(3)11-19-25/h8-19H,4-7H2,1-3H3. The van der Waals surface area contributed by atoms with Crippen molar-refractivity contribution >= 4 is 0 Å². The van der Waals surface area contributed by atoms with E-state index in [-0.39, 0.29) is 0 Å². The van der Waals surface area contributed by atoms with Crippen molar-refractivity contribution in [1.82, 2.24) is 15.0 Å². The highest BCUT2D eigenvalue weighted by molar-refractivity contribution is 5.78. The summed E-state index contributed by atoms with van der Waals surface area (Å²) in [5.41, 5.74) is 8.83. The number of rotatable bonds is 7. The average Bonchev–Trinajstić information content (AvgIpc) is 3.21. The van der Waals surface area contributed by atoms with Crippen LogP contribution in [0.5, 0.6) is 0 Å². The molecule has 0 aliphatic carbocycles. The zero-order valence-corrected chi connectivity index (χ0v) is 18.1. The van der Waals surface area contributed by atoms with Crippen molar-refractivity contribution < 1.29 is 0 Å². The lowest BCUT2D eigenvalue weighted by Crippen LogP contribution is -1.98. The normalized spacial score (nSPS) is 11.0. The maximum Gasteiger partial charge on any atom is 0.121 e. The van der Waals surface area contributed by atoms with Crippen LogP contribution in [0.25, 0.3) is 28.2 Å². The molecule has 152 valence electrons. The number of hydrogen-bond acceptors (Lipinski definition) is 2.